The maximum absolute atomic E-state index is 12.1. The molecule has 1 saturated heterocycles. The summed E-state index contributed by atoms with van der Waals surface area (Å²) >= 11 is 0. The first-order valence-corrected chi connectivity index (χ1v) is 8.36. The van der Waals surface area contributed by atoms with E-state index in [1.807, 2.05) is 29.1 Å². The van der Waals surface area contributed by atoms with Gasteiger partial charge in [-0.1, -0.05) is 12.1 Å². The minimum absolute atomic E-state index is 0.000418. The summed E-state index contributed by atoms with van der Waals surface area (Å²) in [6, 6.07) is 9.93. The Balaban J connectivity index is 1.41. The molecule has 1 unspecified atom stereocenters. The van der Waals surface area contributed by atoms with Crippen molar-refractivity contribution in [1.82, 2.24) is 20.4 Å². The van der Waals surface area contributed by atoms with Crippen LogP contribution in [0.2, 0.25) is 0 Å². The minimum atomic E-state index is -0.000418. The molecule has 0 spiro atoms. The molecule has 0 radical (unpaired) electrons. The van der Waals surface area contributed by atoms with Crippen LogP contribution >= 0.6 is 0 Å². The van der Waals surface area contributed by atoms with Crippen molar-refractivity contribution in [1.29, 1.82) is 0 Å². The lowest BCUT2D eigenvalue weighted by molar-refractivity contribution is 0.0952. The van der Waals surface area contributed by atoms with Gasteiger partial charge in [0.25, 0.3) is 5.91 Å². The van der Waals surface area contributed by atoms with Gasteiger partial charge in [0.2, 0.25) is 0 Å². The van der Waals surface area contributed by atoms with Gasteiger partial charge in [0.15, 0.2) is 0 Å². The molecule has 1 atom stereocenters. The van der Waals surface area contributed by atoms with Gasteiger partial charge in [-0.3, -0.25) is 9.48 Å². The van der Waals surface area contributed by atoms with Crippen molar-refractivity contribution >= 4 is 5.91 Å². The number of rotatable bonds is 7. The van der Waals surface area contributed by atoms with Crippen LogP contribution < -0.4 is 10.6 Å². The molecule has 1 aliphatic heterocycles. The highest BCUT2D eigenvalue weighted by Gasteiger charge is 2.15. The van der Waals surface area contributed by atoms with Crippen LogP contribution in [0.4, 0.5) is 0 Å². The molecule has 1 fully saturated rings. The van der Waals surface area contributed by atoms with Crippen LogP contribution in [-0.4, -0.2) is 35.3 Å². The topological polar surface area (TPSA) is 59.0 Å². The van der Waals surface area contributed by atoms with Gasteiger partial charge in [0.05, 0.1) is 0 Å². The maximum Gasteiger partial charge on any atom is 0.251 e. The first-order valence-electron chi connectivity index (χ1n) is 8.36. The molecule has 0 bridgehead atoms. The van der Waals surface area contributed by atoms with Gasteiger partial charge >= 0.3 is 0 Å². The van der Waals surface area contributed by atoms with E-state index in [-0.39, 0.29) is 5.91 Å². The molecule has 2 heterocycles. The van der Waals surface area contributed by atoms with E-state index in [1.54, 1.807) is 6.20 Å². The van der Waals surface area contributed by atoms with E-state index >= 15 is 0 Å². The normalized spacial score (nSPS) is 17.3. The average molecular weight is 312 g/mol. The second kappa shape index (κ2) is 7.92. The van der Waals surface area contributed by atoms with E-state index in [1.165, 1.54) is 12.0 Å². The van der Waals surface area contributed by atoms with Crippen LogP contribution in [0.15, 0.2) is 42.7 Å². The Morgan fingerprint density at radius 1 is 1.35 bits per heavy atom. The predicted molar refractivity (Wildman–Crippen MR) is 90.3 cm³/mol. The van der Waals surface area contributed by atoms with E-state index in [2.05, 4.69) is 27.9 Å². The Hall–Kier alpha value is -2.14. The summed E-state index contributed by atoms with van der Waals surface area (Å²) in [6.45, 7) is 3.72. The monoisotopic (exact) mass is 312 g/mol. The van der Waals surface area contributed by atoms with Crippen molar-refractivity contribution in [2.45, 2.75) is 25.8 Å². The quantitative estimate of drug-likeness (QED) is 0.767. The van der Waals surface area contributed by atoms with Gasteiger partial charge < -0.3 is 10.6 Å². The van der Waals surface area contributed by atoms with E-state index in [9.17, 15) is 4.79 Å². The van der Waals surface area contributed by atoms with Crippen LogP contribution in [0.3, 0.4) is 0 Å². The number of carbonyl (C=O) groups excluding carboxylic acids is 1. The third-order valence-corrected chi connectivity index (χ3v) is 4.31. The molecule has 0 aliphatic carbocycles. The standard InChI is InChI=1S/C18H24N4O/c23-18(20-8-1-11-22-12-2-9-21-22)17-5-3-15(4-6-17)13-16-7-10-19-14-16/h2-6,9,12,16,19H,1,7-8,10-11,13-14H2,(H,20,23). The molecular weight excluding hydrogens is 288 g/mol. The number of hydrogen-bond acceptors (Lipinski definition) is 3. The fraction of sp³-hybridized carbons (Fsp3) is 0.444. The molecule has 1 amide bonds. The average Bonchev–Trinajstić information content (AvgIpc) is 3.26. The summed E-state index contributed by atoms with van der Waals surface area (Å²) in [4.78, 5) is 12.1. The number of aryl methyl sites for hydroxylation is 1. The van der Waals surface area contributed by atoms with Gasteiger partial charge in [-0.25, -0.2) is 0 Å². The summed E-state index contributed by atoms with van der Waals surface area (Å²) in [5, 5.41) is 10.5. The molecule has 5 nitrogen and oxygen atoms in total. The van der Waals surface area contributed by atoms with E-state index in [0.717, 1.165) is 44.0 Å². The van der Waals surface area contributed by atoms with Crippen LogP contribution in [0.5, 0.6) is 0 Å². The summed E-state index contributed by atoms with van der Waals surface area (Å²) < 4.78 is 1.87. The molecular formula is C18H24N4O. The maximum atomic E-state index is 12.1. The predicted octanol–water partition coefficient (Wildman–Crippen LogP) is 1.86. The van der Waals surface area contributed by atoms with Gasteiger partial charge in [-0.15, -0.1) is 0 Å². The minimum Gasteiger partial charge on any atom is -0.352 e. The molecule has 5 heteroatoms. The fourth-order valence-electron chi connectivity index (χ4n) is 2.99. The van der Waals surface area contributed by atoms with Crippen molar-refractivity contribution in [2.75, 3.05) is 19.6 Å². The Bertz CT molecular complexity index is 600. The zero-order valence-corrected chi connectivity index (χ0v) is 13.4. The summed E-state index contributed by atoms with van der Waals surface area (Å²) in [6.07, 6.45) is 6.92. The van der Waals surface area contributed by atoms with Crippen LogP contribution in [0, 0.1) is 5.92 Å². The van der Waals surface area contributed by atoms with Crippen LogP contribution in [-0.2, 0) is 13.0 Å². The molecule has 1 aliphatic rings. The highest BCUT2D eigenvalue weighted by Crippen LogP contribution is 2.15. The van der Waals surface area contributed by atoms with Crippen molar-refractivity contribution in [2.24, 2.45) is 5.92 Å². The SMILES string of the molecule is O=C(NCCCn1cccn1)c1ccc(CC2CCNC2)cc1. The number of hydrogen-bond donors (Lipinski definition) is 2. The number of benzene rings is 1. The molecule has 3 rings (SSSR count). The Kier molecular flexibility index (Phi) is 5.42. The number of carbonyl (C=O) groups is 1. The third-order valence-electron chi connectivity index (χ3n) is 4.31. The Morgan fingerprint density at radius 3 is 2.91 bits per heavy atom. The summed E-state index contributed by atoms with van der Waals surface area (Å²) in [5.41, 5.74) is 2.05. The number of amides is 1. The van der Waals surface area contributed by atoms with Crippen LogP contribution in [0.25, 0.3) is 0 Å². The molecule has 122 valence electrons. The Morgan fingerprint density at radius 2 is 2.22 bits per heavy atom. The highest BCUT2D eigenvalue weighted by molar-refractivity contribution is 5.94. The lowest BCUT2D eigenvalue weighted by Gasteiger charge is -2.09. The van der Waals surface area contributed by atoms with E-state index in [0.29, 0.717) is 6.54 Å². The third kappa shape index (κ3) is 4.66. The van der Waals surface area contributed by atoms with Gasteiger partial charge in [0.1, 0.15) is 0 Å². The van der Waals surface area contributed by atoms with E-state index in [4.69, 9.17) is 0 Å². The fourth-order valence-corrected chi connectivity index (χ4v) is 2.99. The number of aromatic nitrogens is 2. The second-order valence-electron chi connectivity index (χ2n) is 6.14. The van der Waals surface area contributed by atoms with E-state index < -0.39 is 0 Å². The first kappa shape index (κ1) is 15.7. The number of nitrogens with one attached hydrogen (secondary N) is 2. The zero-order chi connectivity index (χ0) is 15.9. The zero-order valence-electron chi connectivity index (χ0n) is 13.4. The van der Waals surface area contributed by atoms with Crippen molar-refractivity contribution in [3.05, 3.63) is 53.9 Å². The molecule has 2 aromatic rings. The van der Waals surface area contributed by atoms with Gasteiger partial charge in [0, 0.05) is 31.0 Å². The smallest absolute Gasteiger partial charge is 0.251 e. The highest BCUT2D eigenvalue weighted by atomic mass is 16.1. The van der Waals surface area contributed by atoms with Crippen molar-refractivity contribution < 1.29 is 4.79 Å². The number of nitrogens with zero attached hydrogens (tertiary/aromatic N) is 2. The molecule has 1 aromatic carbocycles. The second-order valence-corrected chi connectivity index (χ2v) is 6.14. The molecule has 1 aromatic heterocycles. The first-order chi connectivity index (χ1) is 11.3. The van der Waals surface area contributed by atoms with Crippen molar-refractivity contribution in [3.8, 4) is 0 Å². The molecule has 23 heavy (non-hydrogen) atoms. The summed E-state index contributed by atoms with van der Waals surface area (Å²) in [5.74, 6) is 0.733. The van der Waals surface area contributed by atoms with Crippen molar-refractivity contribution in [3.63, 3.8) is 0 Å². The Labute approximate surface area is 137 Å². The van der Waals surface area contributed by atoms with Crippen LogP contribution in [0.1, 0.15) is 28.8 Å². The van der Waals surface area contributed by atoms with Gasteiger partial charge in [-0.05, 0) is 62.0 Å². The lowest BCUT2D eigenvalue weighted by atomic mass is 9.98. The van der Waals surface area contributed by atoms with Gasteiger partial charge in [-0.2, -0.15) is 5.10 Å². The summed E-state index contributed by atoms with van der Waals surface area (Å²) in [7, 11) is 0. The largest absolute Gasteiger partial charge is 0.352 e. The molecule has 2 N–H and O–H groups in total. The molecule has 0 saturated carbocycles. The lowest BCUT2D eigenvalue weighted by Crippen LogP contribution is -2.25.